The van der Waals surface area contributed by atoms with Gasteiger partial charge < -0.3 is 9.73 Å². The normalized spacial score (nSPS) is 13.1. The number of aryl methyl sites for hydroxylation is 1. The van der Waals surface area contributed by atoms with Gasteiger partial charge in [-0.1, -0.05) is 20.3 Å². The van der Waals surface area contributed by atoms with Gasteiger partial charge in [-0.15, -0.1) is 0 Å². The molecule has 0 saturated heterocycles. The molecule has 0 aliphatic rings. The summed E-state index contributed by atoms with van der Waals surface area (Å²) >= 11 is 0. The third kappa shape index (κ3) is 3.18. The Bertz CT molecular complexity index is 255. The van der Waals surface area contributed by atoms with Crippen LogP contribution in [0.4, 0.5) is 0 Å². The third-order valence-corrected chi connectivity index (χ3v) is 2.32. The molecule has 1 N–H and O–H groups in total. The van der Waals surface area contributed by atoms with Crippen LogP contribution in [0.2, 0.25) is 0 Å². The third-order valence-electron chi connectivity index (χ3n) is 2.32. The Balaban J connectivity index is 2.57. The highest BCUT2D eigenvalue weighted by molar-refractivity contribution is 5.09. The molecule has 2 heteroatoms. The van der Waals surface area contributed by atoms with Crippen molar-refractivity contribution in [3.63, 3.8) is 0 Å². The molecule has 1 aromatic rings. The van der Waals surface area contributed by atoms with Gasteiger partial charge in [-0.3, -0.25) is 0 Å². The van der Waals surface area contributed by atoms with E-state index in [4.69, 9.17) is 4.42 Å². The van der Waals surface area contributed by atoms with Crippen molar-refractivity contribution >= 4 is 0 Å². The fourth-order valence-electron chi connectivity index (χ4n) is 1.59. The molecule has 0 aromatic carbocycles. The van der Waals surface area contributed by atoms with Crippen LogP contribution in [0.5, 0.6) is 0 Å². The fraction of sp³-hybridized carbons (Fsp3) is 0.667. The highest BCUT2D eigenvalue weighted by Gasteiger charge is 2.12. The molecule has 0 aliphatic heterocycles. The van der Waals surface area contributed by atoms with Crippen molar-refractivity contribution in [3.05, 3.63) is 23.7 Å². The molecule has 0 radical (unpaired) electrons. The van der Waals surface area contributed by atoms with Crippen molar-refractivity contribution < 1.29 is 4.42 Å². The highest BCUT2D eigenvalue weighted by Crippen LogP contribution is 2.20. The molecule has 14 heavy (non-hydrogen) atoms. The lowest BCUT2D eigenvalue weighted by molar-refractivity contribution is 0.383. The molecule has 1 atom stereocenters. The first-order valence-electron chi connectivity index (χ1n) is 5.57. The highest BCUT2D eigenvalue weighted by atomic mass is 16.3. The second-order valence-corrected chi connectivity index (χ2v) is 3.74. The molecule has 0 amide bonds. The van der Waals surface area contributed by atoms with E-state index in [1.807, 2.05) is 13.0 Å². The zero-order valence-electron chi connectivity index (χ0n) is 9.47. The Morgan fingerprint density at radius 3 is 2.57 bits per heavy atom. The number of hydrogen-bond acceptors (Lipinski definition) is 2. The summed E-state index contributed by atoms with van der Waals surface area (Å²) < 4.78 is 5.63. The summed E-state index contributed by atoms with van der Waals surface area (Å²) in [6, 6.07) is 4.51. The summed E-state index contributed by atoms with van der Waals surface area (Å²) in [4.78, 5) is 0. The summed E-state index contributed by atoms with van der Waals surface area (Å²) in [6.45, 7) is 7.44. The zero-order valence-corrected chi connectivity index (χ0v) is 9.47. The Labute approximate surface area is 86.7 Å². The molecule has 0 aliphatic carbocycles. The number of furan rings is 1. The van der Waals surface area contributed by atoms with Gasteiger partial charge in [0.25, 0.3) is 0 Å². The van der Waals surface area contributed by atoms with Gasteiger partial charge in [0.1, 0.15) is 11.5 Å². The van der Waals surface area contributed by atoms with Crippen LogP contribution < -0.4 is 5.32 Å². The van der Waals surface area contributed by atoms with Crippen LogP contribution in [0.15, 0.2) is 16.5 Å². The Hall–Kier alpha value is -0.760. The van der Waals surface area contributed by atoms with Crippen LogP contribution in [0.3, 0.4) is 0 Å². The van der Waals surface area contributed by atoms with Gasteiger partial charge in [0.2, 0.25) is 0 Å². The topological polar surface area (TPSA) is 25.2 Å². The lowest BCUT2D eigenvalue weighted by atomic mass is 10.1. The smallest absolute Gasteiger partial charge is 0.121 e. The van der Waals surface area contributed by atoms with Crippen molar-refractivity contribution in [3.8, 4) is 0 Å². The molecule has 0 spiro atoms. The zero-order chi connectivity index (χ0) is 10.4. The summed E-state index contributed by atoms with van der Waals surface area (Å²) in [7, 11) is 0. The first-order valence-corrected chi connectivity index (χ1v) is 5.57. The van der Waals surface area contributed by atoms with Gasteiger partial charge in [-0.05, 0) is 38.4 Å². The van der Waals surface area contributed by atoms with Crippen molar-refractivity contribution in [2.75, 3.05) is 6.54 Å². The predicted molar refractivity (Wildman–Crippen MR) is 59.4 cm³/mol. The predicted octanol–water partition coefficient (Wildman–Crippen LogP) is 3.43. The quantitative estimate of drug-likeness (QED) is 0.752. The largest absolute Gasteiger partial charge is 0.465 e. The second-order valence-electron chi connectivity index (χ2n) is 3.74. The molecular weight excluding hydrogens is 174 g/mol. The summed E-state index contributed by atoms with van der Waals surface area (Å²) in [5, 5.41) is 3.51. The van der Waals surface area contributed by atoms with Crippen LogP contribution in [0.1, 0.15) is 50.7 Å². The van der Waals surface area contributed by atoms with Crippen molar-refractivity contribution in [1.82, 2.24) is 5.32 Å². The van der Waals surface area contributed by atoms with Gasteiger partial charge in [0.05, 0.1) is 6.04 Å². The Kier molecular flexibility index (Phi) is 4.74. The molecule has 0 saturated carbocycles. The van der Waals surface area contributed by atoms with Gasteiger partial charge in [-0.2, -0.15) is 0 Å². The van der Waals surface area contributed by atoms with Crippen LogP contribution in [0.25, 0.3) is 0 Å². The molecule has 1 rings (SSSR count). The standard InChI is InChI=1S/C12H21NO/c1-4-6-11(13-9-5-2)12-8-7-10(3)14-12/h7-8,11,13H,4-6,9H2,1-3H3. The van der Waals surface area contributed by atoms with Gasteiger partial charge in [0.15, 0.2) is 0 Å². The molecule has 2 nitrogen and oxygen atoms in total. The van der Waals surface area contributed by atoms with E-state index in [1.165, 1.54) is 12.8 Å². The molecule has 0 fully saturated rings. The monoisotopic (exact) mass is 195 g/mol. The van der Waals surface area contributed by atoms with Crippen LogP contribution >= 0.6 is 0 Å². The summed E-state index contributed by atoms with van der Waals surface area (Å²) in [6.07, 6.45) is 3.49. The maximum Gasteiger partial charge on any atom is 0.121 e. The lowest BCUT2D eigenvalue weighted by Crippen LogP contribution is -2.21. The molecule has 1 heterocycles. The average molecular weight is 195 g/mol. The Morgan fingerprint density at radius 2 is 2.07 bits per heavy atom. The molecule has 1 aromatic heterocycles. The summed E-state index contributed by atoms with van der Waals surface area (Å²) in [5.41, 5.74) is 0. The van der Waals surface area contributed by atoms with Crippen LogP contribution in [0, 0.1) is 6.92 Å². The minimum atomic E-state index is 0.397. The van der Waals surface area contributed by atoms with Crippen molar-refractivity contribution in [2.24, 2.45) is 0 Å². The maximum atomic E-state index is 5.63. The average Bonchev–Trinajstić information content (AvgIpc) is 2.59. The maximum absolute atomic E-state index is 5.63. The number of nitrogens with one attached hydrogen (secondary N) is 1. The van der Waals surface area contributed by atoms with E-state index < -0.39 is 0 Å². The van der Waals surface area contributed by atoms with Gasteiger partial charge >= 0.3 is 0 Å². The second kappa shape index (κ2) is 5.86. The van der Waals surface area contributed by atoms with E-state index in [2.05, 4.69) is 25.2 Å². The van der Waals surface area contributed by atoms with Crippen molar-refractivity contribution in [1.29, 1.82) is 0 Å². The number of rotatable bonds is 6. The summed E-state index contributed by atoms with van der Waals surface area (Å²) in [5.74, 6) is 2.08. The molecule has 1 unspecified atom stereocenters. The molecule has 0 bridgehead atoms. The number of hydrogen-bond donors (Lipinski definition) is 1. The fourth-order valence-corrected chi connectivity index (χ4v) is 1.59. The van der Waals surface area contributed by atoms with E-state index in [9.17, 15) is 0 Å². The molecule has 80 valence electrons. The van der Waals surface area contributed by atoms with Crippen LogP contribution in [-0.2, 0) is 0 Å². The lowest BCUT2D eigenvalue weighted by Gasteiger charge is -2.14. The van der Waals surface area contributed by atoms with Gasteiger partial charge in [-0.25, -0.2) is 0 Å². The molecular formula is C12H21NO. The minimum absolute atomic E-state index is 0.397. The van der Waals surface area contributed by atoms with E-state index in [1.54, 1.807) is 0 Å². The first kappa shape index (κ1) is 11.3. The van der Waals surface area contributed by atoms with Crippen LogP contribution in [-0.4, -0.2) is 6.54 Å². The van der Waals surface area contributed by atoms with Crippen molar-refractivity contribution in [2.45, 2.75) is 46.1 Å². The Morgan fingerprint density at radius 1 is 1.29 bits per heavy atom. The van der Waals surface area contributed by atoms with E-state index in [0.29, 0.717) is 6.04 Å². The first-order chi connectivity index (χ1) is 6.77. The van der Waals surface area contributed by atoms with E-state index in [-0.39, 0.29) is 0 Å². The van der Waals surface area contributed by atoms with Gasteiger partial charge in [0, 0.05) is 0 Å². The van der Waals surface area contributed by atoms with E-state index in [0.717, 1.165) is 24.5 Å². The minimum Gasteiger partial charge on any atom is -0.465 e. The van der Waals surface area contributed by atoms with E-state index >= 15 is 0 Å². The SMILES string of the molecule is CCCNC(CCC)c1ccc(C)o1.